The zero-order chi connectivity index (χ0) is 8.93. The first-order valence-electron chi connectivity index (χ1n) is 3.95. The van der Waals surface area contributed by atoms with E-state index in [1.54, 1.807) is 0 Å². The molecule has 0 aliphatic rings. The number of hydrogen-bond acceptors (Lipinski definition) is 2. The molecule has 0 atom stereocenters. The fourth-order valence-electron chi connectivity index (χ4n) is 0.922. The molecule has 0 aliphatic heterocycles. The Kier molecular flexibility index (Phi) is 6.51. The topological polar surface area (TPSA) is 82.8 Å². The third-order valence-electron chi connectivity index (χ3n) is 1.48. The number of rotatable bonds is 2. The molecular weight excluding hydrogens is 232 g/mol. The summed E-state index contributed by atoms with van der Waals surface area (Å²) in [5, 5.41) is 0. The average molecular weight is 240 g/mol. The van der Waals surface area contributed by atoms with Gasteiger partial charge in [0.05, 0.1) is 0 Å². The fourth-order valence-corrected chi connectivity index (χ4v) is 2.07. The van der Waals surface area contributed by atoms with Gasteiger partial charge in [-0.2, -0.15) is 0 Å². The molecule has 0 spiro atoms. The molecule has 0 aliphatic carbocycles. The van der Waals surface area contributed by atoms with E-state index in [4.69, 9.17) is 0 Å². The van der Waals surface area contributed by atoms with Crippen molar-refractivity contribution in [2.24, 2.45) is 0 Å². The molecule has 0 fully saturated rings. The molecular formula is C10H8CrN2O2. The average Bonchev–Trinajstić information content (AvgIpc) is 2.21. The Morgan fingerprint density at radius 2 is 1.20 bits per heavy atom. The number of pyridine rings is 2. The molecule has 2 aromatic heterocycles. The van der Waals surface area contributed by atoms with E-state index in [1.165, 1.54) is 0 Å². The number of aromatic nitrogens is 2. The van der Waals surface area contributed by atoms with E-state index >= 15 is 0 Å². The van der Waals surface area contributed by atoms with Crippen molar-refractivity contribution in [2.45, 2.75) is 0 Å². The Balaban J connectivity index is 0.000000980. The van der Waals surface area contributed by atoms with Crippen LogP contribution in [0.1, 0.15) is 0 Å². The number of hydrogen-bond donors (Lipinski definition) is 0. The second-order valence-corrected chi connectivity index (χ2v) is 4.06. The first-order chi connectivity index (χ1) is 6.45. The monoisotopic (exact) mass is 240 g/mol. The Morgan fingerprint density at radius 1 is 0.733 bits per heavy atom. The van der Waals surface area contributed by atoms with Crippen molar-refractivity contribution in [1.29, 1.82) is 0 Å². The van der Waals surface area contributed by atoms with Crippen LogP contribution in [0.25, 0.3) is 0 Å². The van der Waals surface area contributed by atoms with Crippen molar-refractivity contribution in [3.8, 4) is 0 Å². The van der Waals surface area contributed by atoms with Gasteiger partial charge < -0.3 is 11.0 Å². The van der Waals surface area contributed by atoms with Crippen LogP contribution in [0.2, 0.25) is 0 Å². The molecule has 0 N–H and O–H groups in total. The molecule has 0 unspecified atom stereocenters. The van der Waals surface area contributed by atoms with Crippen LogP contribution in [-0.4, -0.2) is 9.97 Å². The van der Waals surface area contributed by atoms with E-state index in [0.29, 0.717) is 0 Å². The van der Waals surface area contributed by atoms with Crippen LogP contribution in [0, 0.1) is 0 Å². The van der Waals surface area contributed by atoms with Crippen LogP contribution in [0.5, 0.6) is 0 Å². The van der Waals surface area contributed by atoms with E-state index in [0.717, 1.165) is 9.11 Å². The minimum absolute atomic E-state index is 0. The van der Waals surface area contributed by atoms with Gasteiger partial charge in [-0.25, -0.2) is 0 Å². The quantitative estimate of drug-likeness (QED) is 0.754. The summed E-state index contributed by atoms with van der Waals surface area (Å²) >= 11 is 0.239. The van der Waals surface area contributed by atoms with Crippen molar-refractivity contribution in [2.75, 3.05) is 0 Å². The van der Waals surface area contributed by atoms with E-state index in [2.05, 4.69) is 9.97 Å². The van der Waals surface area contributed by atoms with Crippen molar-refractivity contribution in [1.82, 2.24) is 9.97 Å². The van der Waals surface area contributed by atoms with E-state index < -0.39 is 0 Å². The molecule has 2 heterocycles. The van der Waals surface area contributed by atoms with Gasteiger partial charge in [0.15, 0.2) is 0 Å². The SMILES string of the molecule is [O-2].[O-2].c1cc[c]([Cr+4][c]2ccccn2)nc1. The molecule has 0 amide bonds. The molecule has 2 rings (SSSR count). The van der Waals surface area contributed by atoms with Gasteiger partial charge in [0.25, 0.3) is 0 Å². The van der Waals surface area contributed by atoms with E-state index in [1.807, 2.05) is 48.8 Å². The van der Waals surface area contributed by atoms with Gasteiger partial charge in [0, 0.05) is 0 Å². The molecule has 0 saturated heterocycles. The summed E-state index contributed by atoms with van der Waals surface area (Å²) in [6.07, 6.45) is 3.64. The van der Waals surface area contributed by atoms with Crippen LogP contribution >= 0.6 is 0 Å². The normalized spacial score (nSPS) is 8.00. The summed E-state index contributed by atoms with van der Waals surface area (Å²) in [7, 11) is 0. The predicted octanol–water partition coefficient (Wildman–Crippen LogP) is 0.272. The van der Waals surface area contributed by atoms with Crippen molar-refractivity contribution in [3.63, 3.8) is 0 Å². The van der Waals surface area contributed by atoms with Crippen LogP contribution < -0.4 is 9.11 Å². The van der Waals surface area contributed by atoms with Crippen molar-refractivity contribution < 1.29 is 26.2 Å². The maximum atomic E-state index is 4.26. The van der Waals surface area contributed by atoms with Crippen molar-refractivity contribution >= 4 is 9.11 Å². The van der Waals surface area contributed by atoms with E-state index in [9.17, 15) is 0 Å². The van der Waals surface area contributed by atoms with E-state index in [-0.39, 0.29) is 26.2 Å². The third-order valence-corrected chi connectivity index (χ3v) is 2.89. The third kappa shape index (κ3) is 4.19. The summed E-state index contributed by atoms with van der Waals surface area (Å²) in [5.41, 5.74) is 0. The summed E-state index contributed by atoms with van der Waals surface area (Å²) in [6, 6.07) is 11.9. The van der Waals surface area contributed by atoms with Gasteiger partial charge in [-0.1, -0.05) is 0 Å². The standard InChI is InChI=1S/2C5H4N.Cr.2O/c2*1-2-4-6-5-3-1;;;/h2*1-4H;;;/q;;+4;2*-2. The zero-order valence-electron chi connectivity index (χ0n) is 7.74. The molecule has 2 aromatic rings. The second kappa shape index (κ2) is 7.10. The summed E-state index contributed by atoms with van der Waals surface area (Å²) in [5.74, 6) is 0. The summed E-state index contributed by atoms with van der Waals surface area (Å²) < 4.78 is 2.24. The Labute approximate surface area is 94.3 Å². The van der Waals surface area contributed by atoms with Crippen LogP contribution in [0.4, 0.5) is 0 Å². The fraction of sp³-hybridized carbons (Fsp3) is 0. The molecule has 76 valence electrons. The molecule has 4 nitrogen and oxygen atoms in total. The molecule has 0 radical (unpaired) electrons. The predicted molar refractivity (Wildman–Crippen MR) is 49.1 cm³/mol. The molecule has 5 heteroatoms. The minimum atomic E-state index is 0. The molecule has 15 heavy (non-hydrogen) atoms. The van der Waals surface area contributed by atoms with Crippen LogP contribution in [0.3, 0.4) is 0 Å². The van der Waals surface area contributed by atoms with Crippen LogP contribution in [-0.2, 0) is 26.2 Å². The summed E-state index contributed by atoms with van der Waals surface area (Å²) in [6.45, 7) is 0. The van der Waals surface area contributed by atoms with Crippen molar-refractivity contribution in [3.05, 3.63) is 48.8 Å². The van der Waals surface area contributed by atoms with Gasteiger partial charge in [-0.05, 0) is 0 Å². The zero-order valence-corrected chi connectivity index (χ0v) is 9.01. The molecule has 0 aromatic carbocycles. The van der Waals surface area contributed by atoms with Gasteiger partial charge in [0.2, 0.25) is 0 Å². The number of nitrogens with zero attached hydrogens (tertiary/aromatic N) is 2. The summed E-state index contributed by atoms with van der Waals surface area (Å²) in [4.78, 5) is 8.52. The maximum absolute atomic E-state index is 4.26. The Morgan fingerprint density at radius 3 is 1.53 bits per heavy atom. The molecule has 0 saturated carbocycles. The Hall–Kier alpha value is -1.25. The first-order valence-corrected chi connectivity index (χ1v) is 5.22. The van der Waals surface area contributed by atoms with Gasteiger partial charge >= 0.3 is 83.1 Å². The van der Waals surface area contributed by atoms with Gasteiger partial charge in [-0.3, -0.25) is 0 Å². The van der Waals surface area contributed by atoms with Gasteiger partial charge in [0.1, 0.15) is 0 Å². The second-order valence-electron chi connectivity index (χ2n) is 2.44. The first kappa shape index (κ1) is 13.8. The Bertz CT molecular complexity index is 332. The van der Waals surface area contributed by atoms with Gasteiger partial charge in [-0.15, -0.1) is 0 Å². The molecule has 0 bridgehead atoms. The van der Waals surface area contributed by atoms with Crippen LogP contribution in [0.15, 0.2) is 48.8 Å².